The number of unbranched alkanes of at least 4 members (excludes halogenated alkanes) is 1. The molecule has 7 nitrogen and oxygen atoms in total. The van der Waals surface area contributed by atoms with Gasteiger partial charge in [0.2, 0.25) is 5.76 Å². The Morgan fingerprint density at radius 3 is 2.25 bits per heavy atom. The average molecular weight is 525 g/mol. The Hall–Kier alpha value is -2.25. The van der Waals surface area contributed by atoms with Gasteiger partial charge in [0, 0.05) is 19.8 Å². The Morgan fingerprint density at radius 1 is 1.19 bits per heavy atom. The van der Waals surface area contributed by atoms with Crippen LogP contribution in [0.25, 0.3) is 0 Å². The van der Waals surface area contributed by atoms with Gasteiger partial charge in [-0.15, -0.1) is 0 Å². The molecular weight excluding hydrogens is 472 g/mol. The number of allylic oxidation sites excluding steroid dienone is 3. The Bertz CT molecular complexity index is 920. The highest BCUT2D eigenvalue weighted by atomic mass is 32.2. The third-order valence-corrected chi connectivity index (χ3v) is 6.71. The lowest BCUT2D eigenvalue weighted by Gasteiger charge is -2.09. The van der Waals surface area contributed by atoms with Gasteiger partial charge >= 0.3 is 0 Å². The van der Waals surface area contributed by atoms with Crippen LogP contribution >= 0.6 is 0 Å². The van der Waals surface area contributed by atoms with E-state index in [0.717, 1.165) is 51.1 Å². The molecule has 1 N–H and O–H groups in total. The molecule has 0 radical (unpaired) electrons. The highest BCUT2D eigenvalue weighted by Crippen LogP contribution is 2.17. The van der Waals surface area contributed by atoms with Crippen molar-refractivity contribution in [3.05, 3.63) is 53.6 Å². The zero-order valence-electron chi connectivity index (χ0n) is 24.5. The van der Waals surface area contributed by atoms with E-state index in [1.165, 1.54) is 5.57 Å². The van der Waals surface area contributed by atoms with Gasteiger partial charge in [-0.25, -0.2) is 13.9 Å². The number of imidazole rings is 1. The van der Waals surface area contributed by atoms with Gasteiger partial charge in [0.05, 0.1) is 30.3 Å². The molecular formula is C28H52N4O3S. The predicted molar refractivity (Wildman–Crippen MR) is 157 cm³/mol. The van der Waals surface area contributed by atoms with Gasteiger partial charge in [-0.05, 0) is 57.4 Å². The van der Waals surface area contributed by atoms with Gasteiger partial charge in [0.15, 0.2) is 10.8 Å². The standard InChI is InChI=1S/C12H16O2.C9H17N3OS.C5H13N.C2H6/c1-4-10-6-5-7-11(13-2)12(14-3)9-8-10;1-4-5-6-11-14(3,13)9-7-12(2)8-10-9;1-4-6(3)5-2;1-2/h5-6,9H,4,8H2,1-3H3;7-8H,3-6H2,1-2H3,(H,11,13);4-5H2,1-3H3;1-2H3/b10-6-,12-9+;;;. The lowest BCUT2D eigenvalue weighted by atomic mass is 10.1. The third kappa shape index (κ3) is 15.7. The van der Waals surface area contributed by atoms with E-state index in [-0.39, 0.29) is 0 Å². The van der Waals surface area contributed by atoms with Crippen LogP contribution in [0.3, 0.4) is 0 Å². The molecule has 0 fully saturated rings. The van der Waals surface area contributed by atoms with Crippen LogP contribution < -0.4 is 4.72 Å². The minimum absolute atomic E-state index is 0.524. The summed E-state index contributed by atoms with van der Waals surface area (Å²) in [6.45, 7) is 15.6. The molecule has 0 saturated heterocycles. The summed E-state index contributed by atoms with van der Waals surface area (Å²) in [4.78, 5) is 6.28. The van der Waals surface area contributed by atoms with E-state index >= 15 is 0 Å². The van der Waals surface area contributed by atoms with Gasteiger partial charge in [0.1, 0.15) is 0 Å². The van der Waals surface area contributed by atoms with E-state index in [1.807, 2.05) is 33.0 Å². The van der Waals surface area contributed by atoms with Crippen LogP contribution in [-0.4, -0.2) is 65.4 Å². The van der Waals surface area contributed by atoms with Crippen LogP contribution in [0.4, 0.5) is 0 Å². The van der Waals surface area contributed by atoms with E-state index in [9.17, 15) is 4.21 Å². The van der Waals surface area contributed by atoms with Crippen molar-refractivity contribution in [2.45, 2.75) is 72.3 Å². The van der Waals surface area contributed by atoms with Crippen molar-refractivity contribution in [1.82, 2.24) is 19.2 Å². The molecule has 1 unspecified atom stereocenters. The van der Waals surface area contributed by atoms with Crippen LogP contribution in [0.5, 0.6) is 0 Å². The maximum Gasteiger partial charge on any atom is 0.204 e. The predicted octanol–water partition coefficient (Wildman–Crippen LogP) is 5.73. The van der Waals surface area contributed by atoms with Crippen molar-refractivity contribution < 1.29 is 13.7 Å². The molecule has 208 valence electrons. The van der Waals surface area contributed by atoms with Crippen molar-refractivity contribution in [2.24, 2.45) is 7.05 Å². The van der Waals surface area contributed by atoms with Crippen LogP contribution in [0, 0.1) is 0 Å². The van der Waals surface area contributed by atoms with Crippen LogP contribution in [0.1, 0.15) is 67.2 Å². The number of methoxy groups -OCH3 is 2. The van der Waals surface area contributed by atoms with Crippen LogP contribution in [0.15, 0.2) is 58.6 Å². The van der Waals surface area contributed by atoms with Gasteiger partial charge in [-0.3, -0.25) is 0 Å². The van der Waals surface area contributed by atoms with E-state index in [0.29, 0.717) is 10.8 Å². The molecule has 36 heavy (non-hydrogen) atoms. The number of aryl methyl sites for hydroxylation is 1. The molecule has 8 heteroatoms. The summed E-state index contributed by atoms with van der Waals surface area (Å²) in [7, 11) is 4.83. The highest BCUT2D eigenvalue weighted by molar-refractivity contribution is 7.98. The minimum Gasteiger partial charge on any atom is -0.492 e. The largest absolute Gasteiger partial charge is 0.492 e. The Kier molecular flexibility index (Phi) is 21.9. The van der Waals surface area contributed by atoms with Gasteiger partial charge < -0.3 is 18.9 Å². The molecule has 1 aliphatic rings. The highest BCUT2D eigenvalue weighted by Gasteiger charge is 2.09. The van der Waals surface area contributed by atoms with Gasteiger partial charge in [-0.1, -0.05) is 65.3 Å². The van der Waals surface area contributed by atoms with E-state index < -0.39 is 9.71 Å². The lowest BCUT2D eigenvalue weighted by molar-refractivity contribution is 0.220. The summed E-state index contributed by atoms with van der Waals surface area (Å²) in [5.74, 6) is 5.07. The van der Waals surface area contributed by atoms with Crippen molar-refractivity contribution in [1.29, 1.82) is 0 Å². The third-order valence-electron chi connectivity index (χ3n) is 5.15. The van der Waals surface area contributed by atoms with Crippen molar-refractivity contribution in [3.63, 3.8) is 0 Å². The molecule has 0 saturated carbocycles. The molecule has 0 spiro atoms. The van der Waals surface area contributed by atoms with E-state index in [2.05, 4.69) is 67.0 Å². The topological polar surface area (TPSA) is 68.6 Å². The fraction of sp³-hybridized carbons (Fsp3) is 0.607. The van der Waals surface area contributed by atoms with E-state index in [4.69, 9.17) is 9.47 Å². The second kappa shape index (κ2) is 22.0. The van der Waals surface area contributed by atoms with E-state index in [1.54, 1.807) is 31.3 Å². The molecule has 0 bridgehead atoms. The molecule has 2 rings (SSSR count). The van der Waals surface area contributed by atoms with Gasteiger partial charge in [-0.2, -0.15) is 0 Å². The summed E-state index contributed by atoms with van der Waals surface area (Å²) >= 11 is 0. The molecule has 0 aliphatic heterocycles. The first-order chi connectivity index (χ1) is 17.2. The molecule has 1 heterocycles. The maximum atomic E-state index is 12.0. The Morgan fingerprint density at radius 2 is 1.83 bits per heavy atom. The first-order valence-corrected chi connectivity index (χ1v) is 14.6. The Labute approximate surface area is 222 Å². The van der Waals surface area contributed by atoms with Gasteiger partial charge in [0.25, 0.3) is 0 Å². The minimum atomic E-state index is -2.39. The summed E-state index contributed by atoms with van der Waals surface area (Å²) < 4.78 is 27.0. The summed E-state index contributed by atoms with van der Waals surface area (Å²) in [6, 6.07) is 0. The number of hydrogen-bond acceptors (Lipinski definition) is 5. The summed E-state index contributed by atoms with van der Waals surface area (Å²) in [5, 5.41) is 0.524. The molecule has 1 aromatic heterocycles. The zero-order chi connectivity index (χ0) is 28.0. The second-order valence-corrected chi connectivity index (χ2v) is 9.85. The number of ether oxygens (including phenoxy) is 2. The summed E-state index contributed by atoms with van der Waals surface area (Å²) in [5.41, 5.74) is 4.40. The fourth-order valence-electron chi connectivity index (χ4n) is 2.56. The first-order valence-electron chi connectivity index (χ1n) is 12.9. The number of aromatic nitrogens is 2. The monoisotopic (exact) mass is 524 g/mol. The Balaban J connectivity index is 0. The smallest absolute Gasteiger partial charge is 0.204 e. The molecule has 1 aliphatic carbocycles. The fourth-order valence-corrected chi connectivity index (χ4v) is 3.73. The summed E-state index contributed by atoms with van der Waals surface area (Å²) in [6.07, 6.45) is 13.4. The molecule has 1 aromatic rings. The second-order valence-electron chi connectivity index (χ2n) is 7.79. The van der Waals surface area contributed by atoms with Crippen molar-refractivity contribution >= 4 is 15.6 Å². The number of nitrogens with one attached hydrogen (secondary N) is 1. The maximum absolute atomic E-state index is 12.0. The van der Waals surface area contributed by atoms with Crippen molar-refractivity contribution in [2.75, 3.05) is 40.9 Å². The SMILES string of the molecule is C=S(=O)(NCCCC)c1cn(C)cn1.CC.CC/C1=C/C=C=C(OC)/C(OC)=C\C1.CCN(C)CC. The molecule has 1 atom stereocenters. The van der Waals surface area contributed by atoms with Crippen LogP contribution in [-0.2, 0) is 26.2 Å². The number of hydrogen-bond donors (Lipinski definition) is 1. The lowest BCUT2D eigenvalue weighted by Crippen LogP contribution is -2.24. The first kappa shape index (κ1) is 35.9. The zero-order valence-corrected chi connectivity index (χ0v) is 25.3. The quantitative estimate of drug-likeness (QED) is 0.241. The molecule has 0 amide bonds. The van der Waals surface area contributed by atoms with Crippen LogP contribution in [0.2, 0.25) is 0 Å². The van der Waals surface area contributed by atoms with Crippen molar-refractivity contribution in [3.8, 4) is 0 Å². The normalized spacial score (nSPS) is 16.9. The number of nitrogens with zero attached hydrogens (tertiary/aromatic N) is 3. The molecule has 0 aromatic carbocycles. The number of rotatable bonds is 10. The average Bonchev–Trinajstić information content (AvgIpc) is 3.33.